The van der Waals surface area contributed by atoms with Crippen molar-refractivity contribution in [1.29, 1.82) is 0 Å². The largest absolute Gasteiger partial charge is 0.428 e. The van der Waals surface area contributed by atoms with E-state index >= 15 is 0 Å². The maximum atomic E-state index is 13.9. The van der Waals surface area contributed by atoms with Crippen LogP contribution in [0.2, 0.25) is 0 Å². The number of rotatable bonds is 4. The third-order valence-corrected chi connectivity index (χ3v) is 23.1. The number of aliphatic hydroxyl groups is 3. The number of aryl methyl sites for hydroxylation is 6. The van der Waals surface area contributed by atoms with Crippen molar-refractivity contribution in [3.8, 4) is 50.3 Å². The molecule has 0 amide bonds. The minimum absolute atomic E-state index is 0. The molecule has 10 aromatic rings. The molecule has 0 fully saturated rings. The Morgan fingerprint density at radius 2 is 0.555 bits per heavy atom. The van der Waals surface area contributed by atoms with E-state index in [0.29, 0.717) is 50.1 Å². The van der Waals surface area contributed by atoms with Crippen LogP contribution >= 0.6 is 0 Å². The van der Waals surface area contributed by atoms with Crippen molar-refractivity contribution in [2.45, 2.75) is 278 Å². The fourth-order valence-corrected chi connectivity index (χ4v) is 15.2. The minimum Gasteiger partial charge on any atom is -0.428 e. The fraction of sp³-hybridized carbons (Fsp3) is 0.398. The molecule has 16 heteroatoms. The number of halogens is 9. The summed E-state index contributed by atoms with van der Waals surface area (Å²) in [6, 6.07) is 39.4. The van der Waals surface area contributed by atoms with Crippen LogP contribution in [0, 0.1) is 183 Å². The second kappa shape index (κ2) is 45.5. The van der Waals surface area contributed by atoms with Gasteiger partial charge in [-0.25, -0.2) is 0 Å². The Morgan fingerprint density at radius 1 is 0.294 bits per heavy atom. The molecule has 0 aliphatic heterocycles. The number of ether oxygens (including phenoxy) is 1. The molecule has 0 heterocycles. The zero-order valence-corrected chi connectivity index (χ0v) is 81.4. The molecule has 119 heavy (non-hydrogen) atoms. The molecule has 3 unspecified atom stereocenters. The number of carbonyl (C=O) groups is 2. The Labute approximate surface area is 730 Å². The third kappa shape index (κ3) is 21.2. The summed E-state index contributed by atoms with van der Waals surface area (Å²) in [5.41, 5.74) is 17.5. The Hall–Kier alpha value is -8.36. The second-order valence-corrected chi connectivity index (χ2v) is 28.6. The summed E-state index contributed by atoms with van der Waals surface area (Å²) in [4.78, 5) is 23.1. The number of hydrogen-bond donors (Lipinski definition) is 3. The van der Waals surface area contributed by atoms with Crippen molar-refractivity contribution in [3.05, 3.63) is 295 Å². The number of carbonyl (C=O) groups excluding carboxylic acids is 2. The maximum Gasteiger partial charge on any atom is 0.425 e. The number of ketones is 1. The SMILES string of the molecule is CC.CC.CC.CC.CC.CC.CC(=O)c1c(C)c(C)c(C)c2c1-c1ccccc1C2(O)C(F)(F)F.Cc1c(C)c(C)c2c(c1C)-c1ccccc1C2(O)C(F)(F)F.Cc1c(C)c(OC=O)c2c(c1C)C(O)(C(F)(F)F)c1ccccc1-2.Cc1cc(C)c(C)c(C)c1C.Cc1ccccc1-c1cc(C)c(C)c(C)c1C.Cc1ccccc1C.[U]. The van der Waals surface area contributed by atoms with Gasteiger partial charge in [0.1, 0.15) is 5.75 Å². The molecule has 0 aromatic heterocycles. The van der Waals surface area contributed by atoms with Crippen LogP contribution in [-0.2, 0) is 21.6 Å². The number of benzene rings is 10. The predicted molar refractivity (Wildman–Crippen MR) is 477 cm³/mol. The van der Waals surface area contributed by atoms with Gasteiger partial charge in [-0.2, -0.15) is 39.5 Å². The quantitative estimate of drug-likeness (QED) is 0.0921. The Balaban J connectivity index is 0.000000712. The molecular formula is C103H131F9O6U. The number of alkyl halides is 9. The molecule has 0 saturated heterocycles. The third-order valence-electron chi connectivity index (χ3n) is 23.1. The van der Waals surface area contributed by atoms with Crippen molar-refractivity contribution in [1.82, 2.24) is 0 Å². The molecule has 3 aliphatic carbocycles. The van der Waals surface area contributed by atoms with Gasteiger partial charge in [0.2, 0.25) is 16.8 Å². The van der Waals surface area contributed by atoms with E-state index in [1.54, 1.807) is 72.7 Å². The molecule has 0 bridgehead atoms. The smallest absolute Gasteiger partial charge is 0.425 e. The van der Waals surface area contributed by atoms with Crippen molar-refractivity contribution >= 4 is 12.3 Å². The number of hydrogen-bond acceptors (Lipinski definition) is 6. The van der Waals surface area contributed by atoms with E-state index in [9.17, 15) is 64.4 Å². The van der Waals surface area contributed by atoms with E-state index in [2.05, 4.69) is 144 Å². The van der Waals surface area contributed by atoms with Gasteiger partial charge in [-0.05, 0) is 315 Å². The van der Waals surface area contributed by atoms with E-state index in [-0.39, 0.29) is 110 Å². The maximum absolute atomic E-state index is 13.9. The van der Waals surface area contributed by atoms with E-state index in [0.717, 1.165) is 16.7 Å². The van der Waals surface area contributed by atoms with Gasteiger partial charge in [0.05, 0.1) is 0 Å². The van der Waals surface area contributed by atoms with Gasteiger partial charge in [-0.15, -0.1) is 0 Å². The molecule has 0 saturated carbocycles. The molecule has 6 nitrogen and oxygen atoms in total. The van der Waals surface area contributed by atoms with Crippen molar-refractivity contribution in [2.24, 2.45) is 0 Å². The van der Waals surface area contributed by atoms with Crippen LogP contribution in [0.25, 0.3) is 44.5 Å². The van der Waals surface area contributed by atoms with Gasteiger partial charge in [0, 0.05) is 81.2 Å². The zero-order chi connectivity index (χ0) is 91.5. The minimum atomic E-state index is -4.92. The van der Waals surface area contributed by atoms with Gasteiger partial charge in [-0.3, -0.25) is 9.59 Å². The van der Waals surface area contributed by atoms with E-state index in [1.165, 1.54) is 140 Å². The summed E-state index contributed by atoms with van der Waals surface area (Å²) in [6.07, 6.45) is -14.6. The summed E-state index contributed by atoms with van der Waals surface area (Å²) < 4.78 is 130. The van der Waals surface area contributed by atoms with Crippen LogP contribution in [0.15, 0.2) is 133 Å². The Morgan fingerprint density at radius 3 is 0.891 bits per heavy atom. The molecule has 10 aromatic carbocycles. The van der Waals surface area contributed by atoms with E-state index in [4.69, 9.17) is 4.74 Å². The first-order chi connectivity index (χ1) is 55.2. The molecule has 13 rings (SSSR count). The predicted octanol–water partition coefficient (Wildman–Crippen LogP) is 29.8. The van der Waals surface area contributed by atoms with Gasteiger partial charge in [-0.1, -0.05) is 217 Å². The van der Waals surface area contributed by atoms with Crippen LogP contribution < -0.4 is 4.74 Å². The average molecular weight is 1870 g/mol. The Bertz CT molecular complexity index is 5090. The van der Waals surface area contributed by atoms with E-state index < -0.39 is 35.3 Å². The summed E-state index contributed by atoms with van der Waals surface area (Å²) in [5.74, 6) is -0.260. The van der Waals surface area contributed by atoms with Crippen LogP contribution in [0.1, 0.15) is 256 Å². The summed E-state index contributed by atoms with van der Waals surface area (Å²) >= 11 is 0. The molecule has 3 N–H and O–H groups in total. The van der Waals surface area contributed by atoms with E-state index in [1.807, 2.05) is 96.9 Å². The van der Waals surface area contributed by atoms with Gasteiger partial charge in [0.15, 0.2) is 5.78 Å². The van der Waals surface area contributed by atoms with Crippen LogP contribution in [0.4, 0.5) is 39.5 Å². The van der Waals surface area contributed by atoms with Crippen molar-refractivity contribution in [3.63, 3.8) is 0 Å². The molecule has 646 valence electrons. The first-order valence-electron chi connectivity index (χ1n) is 41.0. The molecule has 0 spiro atoms. The summed E-state index contributed by atoms with van der Waals surface area (Å²) in [7, 11) is 0. The summed E-state index contributed by atoms with van der Waals surface area (Å²) in [6.45, 7) is 68.7. The summed E-state index contributed by atoms with van der Waals surface area (Å²) in [5, 5.41) is 32.3. The van der Waals surface area contributed by atoms with Gasteiger partial charge < -0.3 is 20.1 Å². The number of fused-ring (bicyclic) bond motifs is 9. The molecular weight excluding hydrogens is 1740 g/mol. The monoisotopic (exact) mass is 1870 g/mol. The normalized spacial score (nSPS) is 14.8. The average Bonchev–Trinajstić information content (AvgIpc) is 1.55. The molecule has 3 aliphatic rings. The van der Waals surface area contributed by atoms with Crippen molar-refractivity contribution < 1.29 is 100 Å². The van der Waals surface area contributed by atoms with Gasteiger partial charge >= 0.3 is 18.5 Å². The first-order valence-corrected chi connectivity index (χ1v) is 41.0. The standard InChI is InChI=1S/C19H17F3O2.C18H15F3O3.C18H17F3O.C17H20.C11H16.C8H10.6C2H6.U/c1-9-10(2)15(12(4)23)16-13-7-5-6-8-14(13)18(24,19(20,21)22)17(16)11(9)3;1-9-10(2)15-14(16(11(9)3)24-8-22)12-6-4-5-7-13(12)17(15,23)18(19,20)21;1-9-10(2)12(4)16-15(11(9)3)13-7-5-6-8-14(13)17(16,22)18(19,20)21;1-11-8-6-7-9-16(11)17-10-12(2)13(3)14(4)15(17)5;1-7-6-8(2)10(4)11(5)9(7)3;1-7-5-3-4-6-8(7)2;6*1-2;/h5-8,24H,1-4H3;4-8,23H,1-3H3;5-8,22H,1-4H3;6-10H,1-5H3;6H,1-5H3;3-6H,1-2H3;6*1-2H3;. The zero-order valence-electron chi connectivity index (χ0n) is 77.2. The molecule has 3 atom stereocenters. The second-order valence-electron chi connectivity index (χ2n) is 28.6. The number of Topliss-reactive ketones (excluding diaryl/α,β-unsaturated/α-hetero) is 1. The van der Waals surface area contributed by atoms with Gasteiger partial charge in [0.25, 0.3) is 6.47 Å². The van der Waals surface area contributed by atoms with Crippen LogP contribution in [-0.4, -0.2) is 46.1 Å². The molecule has 0 radical (unpaired) electrons. The Kier molecular flexibility index (Phi) is 41.5. The topological polar surface area (TPSA) is 104 Å². The van der Waals surface area contributed by atoms with Crippen LogP contribution in [0.5, 0.6) is 5.75 Å². The fourth-order valence-electron chi connectivity index (χ4n) is 15.2. The van der Waals surface area contributed by atoms with Crippen molar-refractivity contribution in [2.75, 3.05) is 0 Å². The van der Waals surface area contributed by atoms with Crippen LogP contribution in [0.3, 0.4) is 0 Å². The first kappa shape index (κ1) is 109.